The van der Waals surface area contributed by atoms with Crippen LogP contribution in [0, 0.1) is 0 Å². The van der Waals surface area contributed by atoms with Crippen LogP contribution in [0.4, 0.5) is 0 Å². The van der Waals surface area contributed by atoms with Gasteiger partial charge in [0.15, 0.2) is 0 Å². The summed E-state index contributed by atoms with van der Waals surface area (Å²) >= 11 is 5.86. The molecule has 0 spiro atoms. The summed E-state index contributed by atoms with van der Waals surface area (Å²) in [6.07, 6.45) is 4.08. The van der Waals surface area contributed by atoms with Gasteiger partial charge in [0.2, 0.25) is 0 Å². The lowest BCUT2D eigenvalue weighted by Crippen LogP contribution is -2.27. The Morgan fingerprint density at radius 2 is 2.08 bits per heavy atom. The lowest BCUT2D eigenvalue weighted by atomic mass is 10.0. The van der Waals surface area contributed by atoms with Crippen LogP contribution in [-0.4, -0.2) is 5.60 Å². The molecule has 1 nitrogen and oxygen atoms in total. The molecule has 2 heteroatoms. The SMILES string of the molecule is CC1(C)C=Cc2cc(Cl)ccc2O1. The predicted octanol–water partition coefficient (Wildman–Crippen LogP) is 3.52. The summed E-state index contributed by atoms with van der Waals surface area (Å²) < 4.78 is 5.73. The first-order valence-corrected chi connectivity index (χ1v) is 4.62. The zero-order valence-corrected chi connectivity index (χ0v) is 8.43. The Morgan fingerprint density at radius 3 is 2.85 bits per heavy atom. The van der Waals surface area contributed by atoms with Crippen LogP contribution >= 0.6 is 11.6 Å². The minimum atomic E-state index is -0.208. The zero-order chi connectivity index (χ0) is 9.47. The van der Waals surface area contributed by atoms with Gasteiger partial charge in [0.25, 0.3) is 0 Å². The number of fused-ring (bicyclic) bond motifs is 1. The van der Waals surface area contributed by atoms with E-state index in [1.807, 2.05) is 44.2 Å². The monoisotopic (exact) mass is 194 g/mol. The van der Waals surface area contributed by atoms with Crippen LogP contribution in [0.15, 0.2) is 24.3 Å². The van der Waals surface area contributed by atoms with Gasteiger partial charge in [-0.2, -0.15) is 0 Å². The summed E-state index contributed by atoms with van der Waals surface area (Å²) in [5.41, 5.74) is 0.840. The van der Waals surface area contributed by atoms with Crippen molar-refractivity contribution in [2.24, 2.45) is 0 Å². The van der Waals surface area contributed by atoms with Crippen molar-refractivity contribution in [1.29, 1.82) is 0 Å². The predicted molar refractivity (Wildman–Crippen MR) is 55.2 cm³/mol. The van der Waals surface area contributed by atoms with E-state index >= 15 is 0 Å². The molecule has 0 saturated heterocycles. The third-order valence-corrected chi connectivity index (χ3v) is 2.24. The average Bonchev–Trinajstić information content (AvgIpc) is 2.05. The smallest absolute Gasteiger partial charge is 0.127 e. The topological polar surface area (TPSA) is 9.23 Å². The quantitative estimate of drug-likeness (QED) is 0.614. The maximum absolute atomic E-state index is 5.86. The average molecular weight is 195 g/mol. The molecule has 0 radical (unpaired) electrons. The van der Waals surface area contributed by atoms with Crippen LogP contribution < -0.4 is 4.74 Å². The fourth-order valence-corrected chi connectivity index (χ4v) is 1.53. The first kappa shape index (κ1) is 8.64. The van der Waals surface area contributed by atoms with E-state index in [1.165, 1.54) is 0 Å². The second kappa shape index (κ2) is 2.78. The molecule has 0 atom stereocenters. The Kier molecular flexibility index (Phi) is 1.85. The summed E-state index contributed by atoms with van der Waals surface area (Å²) in [7, 11) is 0. The van der Waals surface area contributed by atoms with Crippen molar-refractivity contribution in [3.63, 3.8) is 0 Å². The molecular formula is C11H11ClO. The molecule has 0 aliphatic carbocycles. The van der Waals surface area contributed by atoms with E-state index in [9.17, 15) is 0 Å². The molecule has 0 unspecified atom stereocenters. The number of halogens is 1. The first-order valence-electron chi connectivity index (χ1n) is 4.25. The van der Waals surface area contributed by atoms with Crippen molar-refractivity contribution in [3.8, 4) is 5.75 Å². The molecular weight excluding hydrogens is 184 g/mol. The summed E-state index contributed by atoms with van der Waals surface area (Å²) in [6, 6.07) is 5.65. The van der Waals surface area contributed by atoms with Gasteiger partial charge in [-0.3, -0.25) is 0 Å². The molecule has 1 aliphatic heterocycles. The van der Waals surface area contributed by atoms with Crippen molar-refractivity contribution in [1.82, 2.24) is 0 Å². The van der Waals surface area contributed by atoms with Gasteiger partial charge in [0, 0.05) is 10.6 Å². The minimum Gasteiger partial charge on any atom is -0.483 e. The Hall–Kier alpha value is -0.950. The van der Waals surface area contributed by atoms with E-state index in [0.29, 0.717) is 0 Å². The highest BCUT2D eigenvalue weighted by molar-refractivity contribution is 6.30. The molecule has 2 rings (SSSR count). The molecule has 1 aromatic rings. The van der Waals surface area contributed by atoms with Crippen molar-refractivity contribution >= 4 is 17.7 Å². The van der Waals surface area contributed by atoms with Gasteiger partial charge < -0.3 is 4.74 Å². The van der Waals surface area contributed by atoms with Gasteiger partial charge in [0.1, 0.15) is 11.4 Å². The van der Waals surface area contributed by atoms with Crippen LogP contribution in [0.25, 0.3) is 6.08 Å². The number of benzene rings is 1. The molecule has 0 saturated carbocycles. The summed E-state index contributed by atoms with van der Waals surface area (Å²) in [5, 5.41) is 0.742. The lowest BCUT2D eigenvalue weighted by molar-refractivity contribution is 0.159. The number of hydrogen-bond donors (Lipinski definition) is 0. The Morgan fingerprint density at radius 1 is 1.31 bits per heavy atom. The van der Waals surface area contributed by atoms with Gasteiger partial charge in [-0.05, 0) is 38.1 Å². The Balaban J connectivity index is 2.47. The second-order valence-corrected chi connectivity index (χ2v) is 4.16. The molecule has 0 N–H and O–H groups in total. The van der Waals surface area contributed by atoms with Crippen molar-refractivity contribution in [3.05, 3.63) is 34.9 Å². The molecule has 0 fully saturated rings. The summed E-state index contributed by atoms with van der Waals surface area (Å²) in [6.45, 7) is 4.06. The maximum Gasteiger partial charge on any atom is 0.127 e. The number of ether oxygens (including phenoxy) is 1. The lowest BCUT2D eigenvalue weighted by Gasteiger charge is -2.27. The van der Waals surface area contributed by atoms with E-state index in [4.69, 9.17) is 16.3 Å². The highest BCUT2D eigenvalue weighted by Gasteiger charge is 2.21. The van der Waals surface area contributed by atoms with Crippen LogP contribution in [0.1, 0.15) is 19.4 Å². The standard InChI is InChI=1S/C11H11ClO/c1-11(2)6-5-8-7-9(12)3-4-10(8)13-11/h3-7H,1-2H3. The molecule has 1 aliphatic rings. The van der Waals surface area contributed by atoms with Crippen molar-refractivity contribution in [2.75, 3.05) is 0 Å². The zero-order valence-electron chi connectivity index (χ0n) is 7.67. The highest BCUT2D eigenvalue weighted by atomic mass is 35.5. The molecule has 13 heavy (non-hydrogen) atoms. The van der Waals surface area contributed by atoms with Crippen molar-refractivity contribution in [2.45, 2.75) is 19.4 Å². The second-order valence-electron chi connectivity index (χ2n) is 3.72. The third-order valence-electron chi connectivity index (χ3n) is 2.01. The summed E-state index contributed by atoms with van der Waals surface area (Å²) in [4.78, 5) is 0. The fraction of sp³-hybridized carbons (Fsp3) is 0.273. The molecule has 68 valence electrons. The molecule has 0 aromatic heterocycles. The summed E-state index contributed by atoms with van der Waals surface area (Å²) in [5.74, 6) is 0.900. The van der Waals surface area contributed by atoms with E-state index in [1.54, 1.807) is 0 Å². The first-order chi connectivity index (χ1) is 6.07. The van der Waals surface area contributed by atoms with Crippen LogP contribution in [0.3, 0.4) is 0 Å². The molecule has 0 bridgehead atoms. The third kappa shape index (κ3) is 1.70. The normalized spacial score (nSPS) is 17.8. The number of rotatable bonds is 0. The Labute approximate surface area is 83.0 Å². The van der Waals surface area contributed by atoms with Gasteiger partial charge >= 0.3 is 0 Å². The van der Waals surface area contributed by atoms with Gasteiger partial charge in [-0.15, -0.1) is 0 Å². The number of hydrogen-bond acceptors (Lipinski definition) is 1. The van der Waals surface area contributed by atoms with Crippen molar-refractivity contribution < 1.29 is 4.74 Å². The molecule has 0 amide bonds. The van der Waals surface area contributed by atoms with Gasteiger partial charge in [-0.1, -0.05) is 17.7 Å². The molecule has 1 heterocycles. The minimum absolute atomic E-state index is 0.208. The van der Waals surface area contributed by atoms with E-state index in [-0.39, 0.29) is 5.60 Å². The Bertz CT molecular complexity index is 366. The highest BCUT2D eigenvalue weighted by Crippen LogP contribution is 2.32. The maximum atomic E-state index is 5.86. The van der Waals surface area contributed by atoms with Gasteiger partial charge in [-0.25, -0.2) is 0 Å². The van der Waals surface area contributed by atoms with E-state index in [0.717, 1.165) is 16.3 Å². The van der Waals surface area contributed by atoms with Gasteiger partial charge in [0.05, 0.1) is 0 Å². The van der Waals surface area contributed by atoms with E-state index < -0.39 is 0 Å². The largest absolute Gasteiger partial charge is 0.483 e. The van der Waals surface area contributed by atoms with Crippen LogP contribution in [0.2, 0.25) is 5.02 Å². The fourth-order valence-electron chi connectivity index (χ4n) is 1.35. The van der Waals surface area contributed by atoms with Crippen LogP contribution in [0.5, 0.6) is 5.75 Å². The van der Waals surface area contributed by atoms with E-state index in [2.05, 4.69) is 0 Å². The molecule has 1 aromatic carbocycles. The van der Waals surface area contributed by atoms with Crippen LogP contribution in [-0.2, 0) is 0 Å².